The molecule has 0 amide bonds. The fourth-order valence-corrected chi connectivity index (χ4v) is 5.44. The minimum Gasteiger partial charge on any atom is -0.452 e. The van der Waals surface area contributed by atoms with Crippen molar-refractivity contribution in [3.8, 4) is 5.69 Å². The van der Waals surface area contributed by atoms with Gasteiger partial charge in [-0.15, -0.1) is 0 Å². The van der Waals surface area contributed by atoms with Crippen LogP contribution >= 0.6 is 0 Å². The van der Waals surface area contributed by atoms with Crippen LogP contribution in [0.5, 0.6) is 0 Å². The number of para-hydroxylation sites is 3. The van der Waals surface area contributed by atoms with Crippen molar-refractivity contribution in [1.29, 1.82) is 0 Å². The molecule has 0 saturated carbocycles. The number of benzene rings is 5. The number of fused-ring (bicyclic) bond motifs is 8. The van der Waals surface area contributed by atoms with E-state index >= 15 is 0 Å². The second kappa shape index (κ2) is 6.46. The highest BCUT2D eigenvalue weighted by atomic mass is 16.3. The Bertz CT molecular complexity index is 2080. The van der Waals surface area contributed by atoms with E-state index in [1.807, 2.05) is 24.3 Å². The van der Waals surface area contributed by atoms with Crippen LogP contribution in [0.25, 0.3) is 71.2 Å². The van der Waals surface area contributed by atoms with Crippen LogP contribution in [0.1, 0.15) is 0 Å². The molecule has 0 unspecified atom stereocenters. The highest BCUT2D eigenvalue weighted by molar-refractivity contribution is 6.17. The Morgan fingerprint density at radius 3 is 2.12 bits per heavy atom. The Kier molecular flexibility index (Phi) is 3.39. The van der Waals surface area contributed by atoms with Gasteiger partial charge in [-0.2, -0.15) is 0 Å². The second-order valence-electron chi connectivity index (χ2n) is 8.82. The zero-order valence-corrected chi connectivity index (χ0v) is 18.2. The van der Waals surface area contributed by atoms with Crippen molar-refractivity contribution in [2.45, 2.75) is 0 Å². The molecule has 3 heterocycles. The Morgan fingerprint density at radius 2 is 1.24 bits per heavy atom. The van der Waals surface area contributed by atoms with Gasteiger partial charge in [-0.25, -0.2) is 4.98 Å². The molecule has 0 aliphatic carbocycles. The molecule has 0 radical (unpaired) electrons. The quantitative estimate of drug-likeness (QED) is 0.260. The van der Waals surface area contributed by atoms with Crippen molar-refractivity contribution in [2.24, 2.45) is 0 Å². The first-order chi connectivity index (χ1) is 16.9. The summed E-state index contributed by atoms with van der Waals surface area (Å²) >= 11 is 0. The minimum absolute atomic E-state index is 0.815. The molecule has 0 fully saturated rings. The highest BCUT2D eigenvalue weighted by Gasteiger charge is 2.21. The lowest BCUT2D eigenvalue weighted by atomic mass is 10.1. The third-order valence-electron chi connectivity index (χ3n) is 6.94. The summed E-state index contributed by atoms with van der Waals surface area (Å²) in [5.41, 5.74) is 6.89. The average molecular weight is 434 g/mol. The normalized spacial score (nSPS) is 12.1. The summed E-state index contributed by atoms with van der Waals surface area (Å²) in [6.45, 7) is 0. The van der Waals surface area contributed by atoms with E-state index in [0.717, 1.165) is 49.7 Å². The van der Waals surface area contributed by atoms with Gasteiger partial charge in [0.05, 0.1) is 16.6 Å². The molecule has 3 aromatic heterocycles. The fraction of sp³-hybridized carbons (Fsp3) is 0. The first kappa shape index (κ1) is 17.9. The standard InChI is InChI=1S/C31H18N2O/c1-2-10-20-18-27-24(17-19(20)9-1)21-11-4-7-15-26(21)33(27)30-22-12-3-6-14-25(22)32-29-23-13-5-8-16-28(23)34-31(29)30/h1-18H. The first-order valence-corrected chi connectivity index (χ1v) is 11.5. The molecular weight excluding hydrogens is 416 g/mol. The van der Waals surface area contributed by atoms with E-state index in [0.29, 0.717) is 0 Å². The molecule has 5 aromatic carbocycles. The summed E-state index contributed by atoms with van der Waals surface area (Å²) in [4.78, 5) is 5.04. The van der Waals surface area contributed by atoms with E-state index in [1.54, 1.807) is 0 Å². The topological polar surface area (TPSA) is 31.0 Å². The van der Waals surface area contributed by atoms with Crippen molar-refractivity contribution in [3.63, 3.8) is 0 Å². The maximum Gasteiger partial charge on any atom is 0.178 e. The molecule has 8 aromatic rings. The molecule has 34 heavy (non-hydrogen) atoms. The molecule has 0 bridgehead atoms. The SMILES string of the molecule is c1ccc2cc3c(cc2c1)c1ccccc1n3-c1c2ccccc2nc2c1oc1ccccc12. The molecule has 0 aliphatic heterocycles. The van der Waals surface area contributed by atoms with Gasteiger partial charge in [-0.1, -0.05) is 72.8 Å². The largest absolute Gasteiger partial charge is 0.452 e. The lowest BCUT2D eigenvalue weighted by Gasteiger charge is -2.12. The van der Waals surface area contributed by atoms with E-state index < -0.39 is 0 Å². The summed E-state index contributed by atoms with van der Waals surface area (Å²) in [7, 11) is 0. The van der Waals surface area contributed by atoms with Gasteiger partial charge in [0.15, 0.2) is 5.58 Å². The smallest absolute Gasteiger partial charge is 0.178 e. The van der Waals surface area contributed by atoms with Crippen LogP contribution in [0.15, 0.2) is 114 Å². The van der Waals surface area contributed by atoms with Gasteiger partial charge in [0.25, 0.3) is 0 Å². The predicted molar refractivity (Wildman–Crippen MR) is 141 cm³/mol. The van der Waals surface area contributed by atoms with Crippen LogP contribution in [0, 0.1) is 0 Å². The molecule has 158 valence electrons. The van der Waals surface area contributed by atoms with Crippen molar-refractivity contribution < 1.29 is 4.42 Å². The zero-order chi connectivity index (χ0) is 22.2. The van der Waals surface area contributed by atoms with Crippen LogP contribution in [0.2, 0.25) is 0 Å². The lowest BCUT2D eigenvalue weighted by molar-refractivity contribution is 0.666. The molecule has 0 spiro atoms. The van der Waals surface area contributed by atoms with Crippen molar-refractivity contribution in [2.75, 3.05) is 0 Å². The fourth-order valence-electron chi connectivity index (χ4n) is 5.44. The van der Waals surface area contributed by atoms with Crippen molar-refractivity contribution in [3.05, 3.63) is 109 Å². The molecule has 3 nitrogen and oxygen atoms in total. The summed E-state index contributed by atoms with van der Waals surface area (Å²) in [5, 5.41) is 7.04. The van der Waals surface area contributed by atoms with Gasteiger partial charge in [0.2, 0.25) is 0 Å². The molecule has 3 heteroatoms. The maximum absolute atomic E-state index is 6.52. The molecule has 0 saturated heterocycles. The zero-order valence-electron chi connectivity index (χ0n) is 18.2. The molecule has 0 N–H and O–H groups in total. The van der Waals surface area contributed by atoms with Gasteiger partial charge in [0.1, 0.15) is 16.8 Å². The molecule has 0 aliphatic rings. The second-order valence-corrected chi connectivity index (χ2v) is 8.82. The summed E-state index contributed by atoms with van der Waals surface area (Å²) < 4.78 is 8.88. The van der Waals surface area contributed by atoms with Crippen LogP contribution in [0.3, 0.4) is 0 Å². The maximum atomic E-state index is 6.52. The van der Waals surface area contributed by atoms with Gasteiger partial charge in [0, 0.05) is 21.5 Å². The van der Waals surface area contributed by atoms with Crippen LogP contribution in [0.4, 0.5) is 0 Å². The third kappa shape index (κ3) is 2.28. The van der Waals surface area contributed by atoms with Gasteiger partial charge in [-0.05, 0) is 47.2 Å². The van der Waals surface area contributed by atoms with Crippen LogP contribution < -0.4 is 0 Å². The number of nitrogens with zero attached hydrogens (tertiary/aromatic N) is 2. The number of aromatic nitrogens is 2. The van der Waals surface area contributed by atoms with E-state index in [2.05, 4.69) is 89.5 Å². The molecule has 8 rings (SSSR count). The highest BCUT2D eigenvalue weighted by Crippen LogP contribution is 2.41. The summed E-state index contributed by atoms with van der Waals surface area (Å²) in [6, 6.07) is 38.3. The summed E-state index contributed by atoms with van der Waals surface area (Å²) in [6.07, 6.45) is 0. The lowest BCUT2D eigenvalue weighted by Crippen LogP contribution is -1.97. The monoisotopic (exact) mass is 434 g/mol. The minimum atomic E-state index is 0.815. The Labute approximate surface area is 194 Å². The number of rotatable bonds is 1. The van der Waals surface area contributed by atoms with Gasteiger partial charge >= 0.3 is 0 Å². The first-order valence-electron chi connectivity index (χ1n) is 11.5. The Morgan fingerprint density at radius 1 is 0.559 bits per heavy atom. The summed E-state index contributed by atoms with van der Waals surface area (Å²) in [5.74, 6) is 0. The number of hydrogen-bond donors (Lipinski definition) is 0. The average Bonchev–Trinajstić information content (AvgIpc) is 3.41. The van der Waals surface area contributed by atoms with Crippen LogP contribution in [-0.4, -0.2) is 9.55 Å². The Hall–Kier alpha value is -4.63. The van der Waals surface area contributed by atoms with E-state index in [-0.39, 0.29) is 0 Å². The van der Waals surface area contributed by atoms with Crippen molar-refractivity contribution >= 4 is 65.6 Å². The number of pyridine rings is 1. The molecule has 0 atom stereocenters. The van der Waals surface area contributed by atoms with Gasteiger partial charge in [-0.3, -0.25) is 0 Å². The predicted octanol–water partition coefficient (Wildman–Crippen LogP) is 8.38. The van der Waals surface area contributed by atoms with Crippen LogP contribution in [-0.2, 0) is 0 Å². The Balaban J connectivity index is 1.67. The third-order valence-corrected chi connectivity index (χ3v) is 6.94. The van der Waals surface area contributed by atoms with Gasteiger partial charge < -0.3 is 8.98 Å². The molecular formula is C31H18N2O. The van der Waals surface area contributed by atoms with E-state index in [1.165, 1.54) is 21.5 Å². The van der Waals surface area contributed by atoms with E-state index in [9.17, 15) is 0 Å². The van der Waals surface area contributed by atoms with Crippen molar-refractivity contribution in [1.82, 2.24) is 9.55 Å². The van der Waals surface area contributed by atoms with E-state index in [4.69, 9.17) is 9.40 Å². The number of hydrogen-bond acceptors (Lipinski definition) is 2. The number of furan rings is 1.